The zero-order valence-electron chi connectivity index (χ0n) is 11.4. The summed E-state index contributed by atoms with van der Waals surface area (Å²) in [6, 6.07) is 13.4. The lowest BCUT2D eigenvalue weighted by Crippen LogP contribution is -2.00. The van der Waals surface area contributed by atoms with Crippen LogP contribution in [0.2, 0.25) is 0 Å². The molecule has 0 fully saturated rings. The molecule has 4 nitrogen and oxygen atoms in total. The van der Waals surface area contributed by atoms with Crippen LogP contribution in [0, 0.1) is 3.57 Å². The predicted octanol–water partition coefficient (Wildman–Crippen LogP) is 3.89. The number of carboxylic acids is 1. The largest absolute Gasteiger partial charge is 0.478 e. The second-order valence-corrected chi connectivity index (χ2v) is 5.92. The van der Waals surface area contributed by atoms with Gasteiger partial charge in [0.25, 0.3) is 0 Å². The maximum absolute atomic E-state index is 11.4. The second kappa shape index (κ2) is 5.48. The first-order valence-corrected chi connectivity index (χ1v) is 7.69. The van der Waals surface area contributed by atoms with Gasteiger partial charge in [0.05, 0.1) is 11.1 Å². The Kier molecular flexibility index (Phi) is 3.67. The van der Waals surface area contributed by atoms with E-state index in [1.807, 2.05) is 41.8 Å². The summed E-state index contributed by atoms with van der Waals surface area (Å²) in [5, 5.41) is 9.31. The third-order valence-corrected chi connectivity index (χ3v) is 4.11. The maximum atomic E-state index is 11.4. The van der Waals surface area contributed by atoms with Crippen molar-refractivity contribution in [2.45, 2.75) is 13.3 Å². The van der Waals surface area contributed by atoms with Crippen molar-refractivity contribution >= 4 is 39.6 Å². The van der Waals surface area contributed by atoms with Crippen LogP contribution in [0.15, 0.2) is 42.5 Å². The van der Waals surface area contributed by atoms with E-state index in [0.29, 0.717) is 5.52 Å². The first kappa shape index (κ1) is 14.1. The van der Waals surface area contributed by atoms with Crippen LogP contribution < -0.4 is 0 Å². The molecule has 0 amide bonds. The molecule has 0 saturated heterocycles. The van der Waals surface area contributed by atoms with Crippen molar-refractivity contribution in [3.63, 3.8) is 0 Å². The highest BCUT2D eigenvalue weighted by atomic mass is 127. The number of para-hydroxylation sites is 1. The number of imidazole rings is 1. The topological polar surface area (TPSA) is 55.1 Å². The van der Waals surface area contributed by atoms with Crippen molar-refractivity contribution in [3.05, 3.63) is 57.4 Å². The van der Waals surface area contributed by atoms with Gasteiger partial charge in [0, 0.05) is 15.7 Å². The zero-order valence-corrected chi connectivity index (χ0v) is 13.5. The first-order valence-electron chi connectivity index (χ1n) is 6.61. The first-order chi connectivity index (χ1) is 10.1. The monoisotopic (exact) mass is 392 g/mol. The van der Waals surface area contributed by atoms with Crippen LogP contribution in [-0.2, 0) is 6.42 Å². The highest BCUT2D eigenvalue weighted by molar-refractivity contribution is 14.1. The number of hydrogen-bond donors (Lipinski definition) is 1. The molecule has 21 heavy (non-hydrogen) atoms. The van der Waals surface area contributed by atoms with Crippen molar-refractivity contribution in [3.8, 4) is 5.69 Å². The van der Waals surface area contributed by atoms with Crippen molar-refractivity contribution < 1.29 is 9.90 Å². The van der Waals surface area contributed by atoms with Crippen molar-refractivity contribution in [1.82, 2.24) is 9.55 Å². The number of fused-ring (bicyclic) bond motifs is 1. The molecule has 1 aromatic heterocycles. The number of carbonyl (C=O) groups is 1. The lowest BCUT2D eigenvalue weighted by atomic mass is 10.2. The van der Waals surface area contributed by atoms with Gasteiger partial charge in [-0.1, -0.05) is 13.0 Å². The molecule has 5 heteroatoms. The molecule has 0 radical (unpaired) electrons. The van der Waals surface area contributed by atoms with Gasteiger partial charge in [0.15, 0.2) is 0 Å². The number of nitrogens with zero attached hydrogens (tertiary/aromatic N) is 2. The van der Waals surface area contributed by atoms with E-state index in [2.05, 4.69) is 27.6 Å². The molecule has 0 atom stereocenters. The smallest absolute Gasteiger partial charge is 0.337 e. The van der Waals surface area contributed by atoms with Gasteiger partial charge in [-0.05, 0) is 59.0 Å². The van der Waals surface area contributed by atoms with Crippen LogP contribution in [0.5, 0.6) is 0 Å². The molecular formula is C16H13IN2O2. The molecular weight excluding hydrogens is 379 g/mol. The minimum atomic E-state index is -0.949. The van der Waals surface area contributed by atoms with E-state index in [1.54, 1.807) is 12.1 Å². The molecule has 0 unspecified atom stereocenters. The Morgan fingerprint density at radius 1 is 1.24 bits per heavy atom. The summed E-state index contributed by atoms with van der Waals surface area (Å²) < 4.78 is 3.18. The minimum absolute atomic E-state index is 0.242. The van der Waals surface area contributed by atoms with E-state index in [9.17, 15) is 9.90 Å². The molecule has 1 heterocycles. The molecule has 3 rings (SSSR count). The van der Waals surface area contributed by atoms with Gasteiger partial charge in [-0.25, -0.2) is 9.78 Å². The molecule has 0 saturated carbocycles. The van der Waals surface area contributed by atoms with E-state index >= 15 is 0 Å². The molecule has 0 spiro atoms. The predicted molar refractivity (Wildman–Crippen MR) is 90.1 cm³/mol. The van der Waals surface area contributed by atoms with Crippen molar-refractivity contribution in [1.29, 1.82) is 0 Å². The Bertz CT molecular complexity index is 822. The standard InChI is InChI=1S/C16H13IN2O2/c1-2-14-18-15-12(16(20)21)4-3-5-13(15)19(14)11-8-6-10(17)7-9-11/h3-9H,2H2,1H3,(H,20,21). The minimum Gasteiger partial charge on any atom is -0.478 e. The normalized spacial score (nSPS) is 11.0. The highest BCUT2D eigenvalue weighted by Crippen LogP contribution is 2.25. The summed E-state index contributed by atoms with van der Waals surface area (Å²) in [5.74, 6) is -0.0876. The number of hydrogen-bond acceptors (Lipinski definition) is 2. The number of benzene rings is 2. The molecule has 106 valence electrons. The molecule has 3 aromatic rings. The maximum Gasteiger partial charge on any atom is 0.337 e. The lowest BCUT2D eigenvalue weighted by Gasteiger charge is -2.08. The van der Waals surface area contributed by atoms with Gasteiger partial charge >= 0.3 is 5.97 Å². The quantitative estimate of drug-likeness (QED) is 0.689. The summed E-state index contributed by atoms with van der Waals surface area (Å²) in [5.41, 5.74) is 2.61. The average Bonchev–Trinajstić information content (AvgIpc) is 2.86. The van der Waals surface area contributed by atoms with E-state index in [1.165, 1.54) is 0 Å². The van der Waals surface area contributed by atoms with Crippen molar-refractivity contribution in [2.75, 3.05) is 0 Å². The van der Waals surface area contributed by atoms with Crippen LogP contribution in [-0.4, -0.2) is 20.6 Å². The van der Waals surface area contributed by atoms with Crippen LogP contribution in [0.4, 0.5) is 0 Å². The summed E-state index contributed by atoms with van der Waals surface area (Å²) >= 11 is 2.26. The van der Waals surface area contributed by atoms with Crippen LogP contribution in [0.3, 0.4) is 0 Å². The summed E-state index contributed by atoms with van der Waals surface area (Å²) in [7, 11) is 0. The van der Waals surface area contributed by atoms with E-state index in [0.717, 1.165) is 27.0 Å². The van der Waals surface area contributed by atoms with Gasteiger partial charge in [-0.15, -0.1) is 0 Å². The Labute approximate surface area is 135 Å². The molecule has 0 aliphatic heterocycles. The average molecular weight is 392 g/mol. The number of rotatable bonds is 3. The number of carboxylic acid groups (broad SMARTS) is 1. The Morgan fingerprint density at radius 3 is 2.57 bits per heavy atom. The van der Waals surface area contributed by atoms with Gasteiger partial charge in [-0.2, -0.15) is 0 Å². The summed E-state index contributed by atoms with van der Waals surface area (Å²) in [4.78, 5) is 15.9. The molecule has 2 aromatic carbocycles. The van der Waals surface area contributed by atoms with Gasteiger partial charge in [0.1, 0.15) is 11.3 Å². The van der Waals surface area contributed by atoms with E-state index < -0.39 is 5.97 Å². The van der Waals surface area contributed by atoms with Crippen molar-refractivity contribution in [2.24, 2.45) is 0 Å². The molecule has 0 bridgehead atoms. The Hall–Kier alpha value is -1.89. The third-order valence-electron chi connectivity index (χ3n) is 3.39. The van der Waals surface area contributed by atoms with Crippen LogP contribution in [0.25, 0.3) is 16.7 Å². The Morgan fingerprint density at radius 2 is 1.95 bits per heavy atom. The lowest BCUT2D eigenvalue weighted by molar-refractivity contribution is 0.0699. The van der Waals surface area contributed by atoms with Gasteiger partial charge < -0.3 is 5.11 Å². The highest BCUT2D eigenvalue weighted by Gasteiger charge is 2.16. The third kappa shape index (κ3) is 2.42. The van der Waals surface area contributed by atoms with Crippen LogP contribution in [0.1, 0.15) is 23.1 Å². The summed E-state index contributed by atoms with van der Waals surface area (Å²) in [6.07, 6.45) is 0.736. The summed E-state index contributed by atoms with van der Waals surface area (Å²) in [6.45, 7) is 2.02. The number of halogens is 1. The molecule has 1 N–H and O–H groups in total. The van der Waals surface area contributed by atoms with E-state index in [4.69, 9.17) is 0 Å². The zero-order chi connectivity index (χ0) is 15.0. The fraction of sp³-hybridized carbons (Fsp3) is 0.125. The second-order valence-electron chi connectivity index (χ2n) is 4.67. The number of aromatic nitrogens is 2. The van der Waals surface area contributed by atoms with Gasteiger partial charge in [0.2, 0.25) is 0 Å². The SMILES string of the molecule is CCc1nc2c(C(=O)O)cccc2n1-c1ccc(I)cc1. The fourth-order valence-corrected chi connectivity index (χ4v) is 2.79. The van der Waals surface area contributed by atoms with Gasteiger partial charge in [-0.3, -0.25) is 4.57 Å². The Balaban J connectivity index is 2.33. The molecule has 0 aliphatic carbocycles. The number of aromatic carboxylic acids is 1. The van der Waals surface area contributed by atoms with E-state index in [-0.39, 0.29) is 5.56 Å². The molecule has 0 aliphatic rings. The number of aryl methyl sites for hydroxylation is 1. The van der Waals surface area contributed by atoms with Crippen LogP contribution >= 0.6 is 22.6 Å². The fourth-order valence-electron chi connectivity index (χ4n) is 2.44.